The van der Waals surface area contributed by atoms with Gasteiger partial charge < -0.3 is 14.8 Å². The van der Waals surface area contributed by atoms with E-state index in [1.807, 2.05) is 43.8 Å². The summed E-state index contributed by atoms with van der Waals surface area (Å²) in [6, 6.07) is 8.46. The normalized spacial score (nSPS) is 14.2. The summed E-state index contributed by atoms with van der Waals surface area (Å²) < 4.78 is 2.11. The third kappa shape index (κ3) is 4.51. The van der Waals surface area contributed by atoms with Gasteiger partial charge >= 0.3 is 0 Å². The van der Waals surface area contributed by atoms with E-state index in [2.05, 4.69) is 49.6 Å². The summed E-state index contributed by atoms with van der Waals surface area (Å²) in [5.74, 6) is 1.56. The lowest BCUT2D eigenvalue weighted by molar-refractivity contribution is 0.567. The maximum atomic E-state index is 4.91. The molecule has 1 saturated heterocycles. The fourth-order valence-corrected chi connectivity index (χ4v) is 4.23. The van der Waals surface area contributed by atoms with E-state index in [1.54, 1.807) is 0 Å². The van der Waals surface area contributed by atoms with Crippen LogP contribution in [-0.4, -0.2) is 42.6 Å². The molecule has 8 nitrogen and oxygen atoms in total. The predicted molar refractivity (Wildman–Crippen MR) is 131 cm³/mol. The van der Waals surface area contributed by atoms with Gasteiger partial charge in [0.15, 0.2) is 17.0 Å². The first-order valence-electron chi connectivity index (χ1n) is 11.7. The number of anilines is 2. The Bertz CT molecular complexity index is 1240. The molecule has 0 radical (unpaired) electrons. The van der Waals surface area contributed by atoms with Gasteiger partial charge in [-0.25, -0.2) is 4.98 Å². The molecular weight excluding hydrogens is 412 g/mol. The molecule has 1 N–H and O–H groups in total. The Labute approximate surface area is 194 Å². The largest absolute Gasteiger partial charge is 0.364 e. The lowest BCUT2D eigenvalue weighted by Crippen LogP contribution is -2.31. The Morgan fingerprint density at radius 3 is 2.58 bits per heavy atom. The van der Waals surface area contributed by atoms with Crippen LogP contribution in [0.3, 0.4) is 0 Å². The van der Waals surface area contributed by atoms with Crippen molar-refractivity contribution >= 4 is 22.9 Å². The van der Waals surface area contributed by atoms with Gasteiger partial charge in [-0.3, -0.25) is 9.97 Å². The van der Waals surface area contributed by atoms with Crippen LogP contribution < -0.4 is 10.2 Å². The Morgan fingerprint density at radius 1 is 1.00 bits per heavy atom. The lowest BCUT2D eigenvalue weighted by Gasteiger charge is -2.27. The van der Waals surface area contributed by atoms with Crippen LogP contribution in [0.15, 0.2) is 43.0 Å². The van der Waals surface area contributed by atoms with Crippen LogP contribution in [0.25, 0.3) is 22.4 Å². The van der Waals surface area contributed by atoms with Gasteiger partial charge in [0.05, 0.1) is 12.0 Å². The highest BCUT2D eigenvalue weighted by Crippen LogP contribution is 2.27. The minimum absolute atomic E-state index is 0.278. The molecule has 0 spiro atoms. The molecule has 5 rings (SSSR count). The third-order valence-electron chi connectivity index (χ3n) is 6.08. The first kappa shape index (κ1) is 21.3. The zero-order chi connectivity index (χ0) is 22.8. The van der Waals surface area contributed by atoms with Crippen LogP contribution in [0, 0.1) is 6.92 Å². The fraction of sp³-hybridized carbons (Fsp3) is 0.400. The van der Waals surface area contributed by atoms with E-state index in [1.165, 1.54) is 19.3 Å². The number of pyridine rings is 2. The predicted octanol–water partition coefficient (Wildman–Crippen LogP) is 4.78. The van der Waals surface area contributed by atoms with Crippen LogP contribution in [-0.2, 0) is 6.54 Å². The standard InChI is InChI=1S/C25H30N8/c1-17(2)33-16-29-22-23(30-25(31-24(22)33)32-11-5-4-6-12-32)28-15-19-7-8-21(27-14-19)20-9-10-26-18(3)13-20/h7-10,13-14,16-17H,4-6,11-12,15H2,1-3H3,(H,28,30,31). The molecule has 0 saturated carbocycles. The number of rotatable bonds is 6. The first-order valence-corrected chi connectivity index (χ1v) is 11.7. The highest BCUT2D eigenvalue weighted by molar-refractivity contribution is 5.84. The molecule has 0 bridgehead atoms. The minimum Gasteiger partial charge on any atom is -0.364 e. The maximum absolute atomic E-state index is 4.91. The molecule has 4 aromatic rings. The second kappa shape index (κ2) is 9.13. The van der Waals surface area contributed by atoms with E-state index in [0.717, 1.165) is 58.5 Å². The average molecular weight is 443 g/mol. The van der Waals surface area contributed by atoms with Gasteiger partial charge in [0.1, 0.15) is 0 Å². The average Bonchev–Trinajstić information content (AvgIpc) is 3.28. The summed E-state index contributed by atoms with van der Waals surface area (Å²) in [5, 5.41) is 3.50. The summed E-state index contributed by atoms with van der Waals surface area (Å²) in [5.41, 5.74) is 5.77. The van der Waals surface area contributed by atoms with E-state index >= 15 is 0 Å². The lowest BCUT2D eigenvalue weighted by atomic mass is 10.1. The Balaban J connectivity index is 1.41. The summed E-state index contributed by atoms with van der Waals surface area (Å²) in [7, 11) is 0. The van der Waals surface area contributed by atoms with Crippen molar-refractivity contribution in [2.75, 3.05) is 23.3 Å². The van der Waals surface area contributed by atoms with Crippen LogP contribution in [0.1, 0.15) is 50.4 Å². The van der Waals surface area contributed by atoms with Crippen molar-refractivity contribution < 1.29 is 0 Å². The van der Waals surface area contributed by atoms with Gasteiger partial charge in [-0.2, -0.15) is 9.97 Å². The molecule has 170 valence electrons. The molecule has 0 aliphatic carbocycles. The molecule has 0 aromatic carbocycles. The van der Waals surface area contributed by atoms with Gasteiger partial charge in [0, 0.05) is 49.3 Å². The molecule has 0 unspecified atom stereocenters. The van der Waals surface area contributed by atoms with Crippen LogP contribution in [0.2, 0.25) is 0 Å². The Morgan fingerprint density at radius 2 is 1.85 bits per heavy atom. The summed E-state index contributed by atoms with van der Waals surface area (Å²) >= 11 is 0. The molecule has 1 aliphatic heterocycles. The van der Waals surface area contributed by atoms with Gasteiger partial charge in [-0.15, -0.1) is 0 Å². The van der Waals surface area contributed by atoms with Crippen molar-refractivity contribution in [2.24, 2.45) is 0 Å². The molecule has 1 aliphatic rings. The molecule has 0 atom stereocenters. The number of aryl methyl sites for hydroxylation is 1. The highest BCUT2D eigenvalue weighted by atomic mass is 15.3. The zero-order valence-corrected chi connectivity index (χ0v) is 19.5. The van der Waals surface area contributed by atoms with E-state index in [0.29, 0.717) is 6.54 Å². The van der Waals surface area contributed by atoms with Crippen LogP contribution >= 0.6 is 0 Å². The number of imidazole rings is 1. The van der Waals surface area contributed by atoms with Crippen molar-refractivity contribution in [2.45, 2.75) is 52.6 Å². The summed E-state index contributed by atoms with van der Waals surface area (Å²) in [6.07, 6.45) is 9.23. The minimum atomic E-state index is 0.278. The molecule has 0 amide bonds. The summed E-state index contributed by atoms with van der Waals surface area (Å²) in [4.78, 5) is 25.6. The summed E-state index contributed by atoms with van der Waals surface area (Å²) in [6.45, 7) is 8.90. The Hall–Kier alpha value is -3.55. The monoisotopic (exact) mass is 442 g/mol. The number of hydrogen-bond donors (Lipinski definition) is 1. The molecule has 5 heterocycles. The van der Waals surface area contributed by atoms with E-state index in [9.17, 15) is 0 Å². The van der Waals surface area contributed by atoms with Crippen LogP contribution in [0.5, 0.6) is 0 Å². The van der Waals surface area contributed by atoms with E-state index in [4.69, 9.17) is 9.97 Å². The van der Waals surface area contributed by atoms with Crippen molar-refractivity contribution in [1.82, 2.24) is 29.5 Å². The fourth-order valence-electron chi connectivity index (χ4n) is 4.23. The van der Waals surface area contributed by atoms with Crippen LogP contribution in [0.4, 0.5) is 11.8 Å². The van der Waals surface area contributed by atoms with E-state index in [-0.39, 0.29) is 6.04 Å². The number of piperidine rings is 1. The van der Waals surface area contributed by atoms with Crippen molar-refractivity contribution in [1.29, 1.82) is 0 Å². The van der Waals surface area contributed by atoms with Crippen molar-refractivity contribution in [3.05, 3.63) is 54.2 Å². The van der Waals surface area contributed by atoms with Gasteiger partial charge in [0.25, 0.3) is 0 Å². The molecule has 1 fully saturated rings. The second-order valence-corrected chi connectivity index (χ2v) is 8.93. The number of fused-ring (bicyclic) bond motifs is 1. The molecule has 33 heavy (non-hydrogen) atoms. The van der Waals surface area contributed by atoms with Gasteiger partial charge in [0.2, 0.25) is 5.95 Å². The van der Waals surface area contributed by atoms with E-state index < -0.39 is 0 Å². The second-order valence-electron chi connectivity index (χ2n) is 8.93. The third-order valence-corrected chi connectivity index (χ3v) is 6.08. The quantitative estimate of drug-likeness (QED) is 0.460. The number of aromatic nitrogens is 6. The molecule has 4 aromatic heterocycles. The molecular formula is C25H30N8. The molecule has 8 heteroatoms. The Kier molecular flexibility index (Phi) is 5.90. The number of hydrogen-bond acceptors (Lipinski definition) is 7. The topological polar surface area (TPSA) is 84.7 Å². The van der Waals surface area contributed by atoms with Gasteiger partial charge in [-0.1, -0.05) is 6.07 Å². The van der Waals surface area contributed by atoms with Gasteiger partial charge in [-0.05, 0) is 63.8 Å². The highest BCUT2D eigenvalue weighted by Gasteiger charge is 2.19. The first-order chi connectivity index (χ1) is 16.1. The van der Waals surface area contributed by atoms with Crippen molar-refractivity contribution in [3.63, 3.8) is 0 Å². The SMILES string of the molecule is Cc1cc(-c2ccc(CNc3nc(N4CCCCC4)nc4c3ncn4C(C)C)cn2)ccn1. The zero-order valence-electron chi connectivity index (χ0n) is 19.5. The maximum Gasteiger partial charge on any atom is 0.229 e. The number of nitrogens with zero attached hydrogens (tertiary/aromatic N) is 7. The smallest absolute Gasteiger partial charge is 0.229 e. The van der Waals surface area contributed by atoms with Crippen molar-refractivity contribution in [3.8, 4) is 11.3 Å². The number of nitrogens with one attached hydrogen (secondary N) is 1.